The van der Waals surface area contributed by atoms with Gasteiger partial charge in [0.15, 0.2) is 0 Å². The van der Waals surface area contributed by atoms with Crippen LogP contribution in [0.5, 0.6) is 5.75 Å². The highest BCUT2D eigenvalue weighted by molar-refractivity contribution is 9.10. The lowest BCUT2D eigenvalue weighted by atomic mass is 10.1. The molecular weight excluding hydrogens is 324 g/mol. The van der Waals surface area contributed by atoms with Crippen molar-refractivity contribution in [1.82, 2.24) is 0 Å². The van der Waals surface area contributed by atoms with Crippen molar-refractivity contribution in [2.75, 3.05) is 7.11 Å². The SMILES string of the molecule is COc1ccsc1C(=O)c1cc(Cl)ccc1Br. The Bertz CT molecular complexity index is 565. The van der Waals surface area contributed by atoms with E-state index in [-0.39, 0.29) is 5.78 Å². The third-order valence-electron chi connectivity index (χ3n) is 2.23. The second-order valence-corrected chi connectivity index (χ2v) is 5.48. The quantitative estimate of drug-likeness (QED) is 0.779. The van der Waals surface area contributed by atoms with Crippen LogP contribution >= 0.6 is 38.9 Å². The van der Waals surface area contributed by atoms with Crippen molar-refractivity contribution < 1.29 is 9.53 Å². The van der Waals surface area contributed by atoms with E-state index in [1.165, 1.54) is 11.3 Å². The highest BCUT2D eigenvalue weighted by Crippen LogP contribution is 2.30. The molecule has 0 aliphatic heterocycles. The molecule has 0 spiro atoms. The Kier molecular flexibility index (Phi) is 3.86. The number of carbonyl (C=O) groups is 1. The molecular formula is C12H8BrClO2S. The van der Waals surface area contributed by atoms with Crippen LogP contribution in [0.1, 0.15) is 15.2 Å². The normalized spacial score (nSPS) is 10.3. The van der Waals surface area contributed by atoms with Crippen LogP contribution in [-0.4, -0.2) is 12.9 Å². The number of rotatable bonds is 3. The van der Waals surface area contributed by atoms with Crippen molar-refractivity contribution >= 4 is 44.7 Å². The van der Waals surface area contributed by atoms with Crippen LogP contribution in [0.2, 0.25) is 5.02 Å². The first-order chi connectivity index (χ1) is 8.13. The van der Waals surface area contributed by atoms with E-state index < -0.39 is 0 Å². The highest BCUT2D eigenvalue weighted by atomic mass is 79.9. The molecule has 0 N–H and O–H groups in total. The van der Waals surface area contributed by atoms with Gasteiger partial charge >= 0.3 is 0 Å². The van der Waals surface area contributed by atoms with Gasteiger partial charge in [0.1, 0.15) is 10.6 Å². The van der Waals surface area contributed by atoms with E-state index >= 15 is 0 Å². The molecule has 88 valence electrons. The van der Waals surface area contributed by atoms with E-state index in [0.29, 0.717) is 21.2 Å². The van der Waals surface area contributed by atoms with Crippen LogP contribution in [-0.2, 0) is 0 Å². The Morgan fingerprint density at radius 1 is 1.41 bits per heavy atom. The molecule has 0 aliphatic rings. The minimum absolute atomic E-state index is 0.0915. The topological polar surface area (TPSA) is 26.3 Å². The molecule has 0 saturated heterocycles. The fourth-order valence-corrected chi connectivity index (χ4v) is 2.83. The zero-order valence-corrected chi connectivity index (χ0v) is 12.0. The summed E-state index contributed by atoms with van der Waals surface area (Å²) in [6, 6.07) is 6.91. The number of ketones is 1. The molecule has 0 bridgehead atoms. The van der Waals surface area contributed by atoms with Crippen molar-refractivity contribution in [3.05, 3.63) is 49.6 Å². The van der Waals surface area contributed by atoms with Crippen LogP contribution in [0, 0.1) is 0 Å². The summed E-state index contributed by atoms with van der Waals surface area (Å²) in [5.41, 5.74) is 0.540. The molecule has 2 rings (SSSR count). The van der Waals surface area contributed by atoms with E-state index in [4.69, 9.17) is 16.3 Å². The molecule has 0 fully saturated rings. The maximum absolute atomic E-state index is 12.3. The largest absolute Gasteiger partial charge is 0.495 e. The van der Waals surface area contributed by atoms with Gasteiger partial charge in [-0.3, -0.25) is 4.79 Å². The Hall–Kier alpha value is -0.840. The number of benzene rings is 1. The number of carbonyl (C=O) groups excluding carboxylic acids is 1. The van der Waals surface area contributed by atoms with E-state index in [1.807, 2.05) is 5.38 Å². The Morgan fingerprint density at radius 2 is 2.18 bits per heavy atom. The number of hydrogen-bond acceptors (Lipinski definition) is 3. The predicted octanol–water partition coefficient (Wildman–Crippen LogP) is 4.40. The number of hydrogen-bond donors (Lipinski definition) is 0. The molecule has 0 amide bonds. The Morgan fingerprint density at radius 3 is 2.88 bits per heavy atom. The van der Waals surface area contributed by atoms with Crippen LogP contribution < -0.4 is 4.74 Å². The van der Waals surface area contributed by atoms with Gasteiger partial charge in [-0.1, -0.05) is 27.5 Å². The standard InChI is InChI=1S/C12H8BrClO2S/c1-16-10-4-5-17-12(10)11(15)8-6-7(14)2-3-9(8)13/h2-6H,1H3. The molecule has 0 atom stereocenters. The van der Waals surface area contributed by atoms with Gasteiger partial charge in [0.05, 0.1) is 7.11 Å². The summed E-state index contributed by atoms with van der Waals surface area (Å²) in [5, 5.41) is 2.36. The third-order valence-corrected chi connectivity index (χ3v) is 4.05. The maximum atomic E-state index is 12.3. The molecule has 1 aromatic carbocycles. The second kappa shape index (κ2) is 5.21. The van der Waals surface area contributed by atoms with Gasteiger partial charge in [-0.05, 0) is 29.6 Å². The Balaban J connectivity index is 2.47. The molecule has 1 heterocycles. The molecule has 2 nitrogen and oxygen atoms in total. The van der Waals surface area contributed by atoms with Crippen molar-refractivity contribution in [1.29, 1.82) is 0 Å². The van der Waals surface area contributed by atoms with E-state index in [9.17, 15) is 4.79 Å². The second-order valence-electron chi connectivity index (χ2n) is 3.27. The molecule has 2 aromatic rings. The number of ether oxygens (including phenoxy) is 1. The molecule has 0 radical (unpaired) electrons. The first kappa shape index (κ1) is 12.6. The van der Waals surface area contributed by atoms with Gasteiger partial charge in [0, 0.05) is 15.1 Å². The van der Waals surface area contributed by atoms with Crippen LogP contribution in [0.3, 0.4) is 0 Å². The van der Waals surface area contributed by atoms with Gasteiger partial charge in [-0.25, -0.2) is 0 Å². The summed E-state index contributed by atoms with van der Waals surface area (Å²) in [7, 11) is 1.55. The average Bonchev–Trinajstić information content (AvgIpc) is 2.79. The summed E-state index contributed by atoms with van der Waals surface area (Å²) >= 11 is 10.6. The zero-order chi connectivity index (χ0) is 12.4. The first-order valence-corrected chi connectivity index (χ1v) is 6.79. The summed E-state index contributed by atoms with van der Waals surface area (Å²) in [6.07, 6.45) is 0. The highest BCUT2D eigenvalue weighted by Gasteiger charge is 2.18. The lowest BCUT2D eigenvalue weighted by molar-refractivity contribution is 0.103. The maximum Gasteiger partial charge on any atom is 0.207 e. The number of methoxy groups -OCH3 is 1. The lowest BCUT2D eigenvalue weighted by Gasteiger charge is -2.04. The first-order valence-electron chi connectivity index (χ1n) is 4.74. The fraction of sp³-hybridized carbons (Fsp3) is 0.0833. The fourth-order valence-electron chi connectivity index (χ4n) is 1.42. The summed E-state index contributed by atoms with van der Waals surface area (Å²) in [5.74, 6) is 0.498. The average molecular weight is 332 g/mol. The minimum Gasteiger partial charge on any atom is -0.495 e. The zero-order valence-electron chi connectivity index (χ0n) is 8.87. The monoisotopic (exact) mass is 330 g/mol. The molecule has 17 heavy (non-hydrogen) atoms. The summed E-state index contributed by atoms with van der Waals surface area (Å²) in [4.78, 5) is 12.9. The van der Waals surface area contributed by atoms with Crippen molar-refractivity contribution in [3.8, 4) is 5.75 Å². The Labute approximate surface area is 116 Å². The van der Waals surface area contributed by atoms with Gasteiger partial charge in [0.2, 0.25) is 5.78 Å². The van der Waals surface area contributed by atoms with Crippen molar-refractivity contribution in [3.63, 3.8) is 0 Å². The number of thiophene rings is 1. The van der Waals surface area contributed by atoms with E-state index in [1.54, 1.807) is 31.4 Å². The molecule has 0 unspecified atom stereocenters. The lowest BCUT2D eigenvalue weighted by Crippen LogP contribution is -2.01. The number of halogens is 2. The van der Waals surface area contributed by atoms with Crippen LogP contribution in [0.25, 0.3) is 0 Å². The molecule has 1 aromatic heterocycles. The summed E-state index contributed by atoms with van der Waals surface area (Å²) < 4.78 is 5.86. The van der Waals surface area contributed by atoms with Gasteiger partial charge in [-0.15, -0.1) is 11.3 Å². The smallest absolute Gasteiger partial charge is 0.207 e. The molecule has 5 heteroatoms. The van der Waals surface area contributed by atoms with E-state index in [2.05, 4.69) is 15.9 Å². The van der Waals surface area contributed by atoms with Gasteiger partial charge in [0.25, 0.3) is 0 Å². The summed E-state index contributed by atoms with van der Waals surface area (Å²) in [6.45, 7) is 0. The predicted molar refractivity (Wildman–Crippen MR) is 73.5 cm³/mol. The van der Waals surface area contributed by atoms with Crippen molar-refractivity contribution in [2.45, 2.75) is 0 Å². The molecule has 0 saturated carbocycles. The third kappa shape index (κ3) is 2.54. The van der Waals surface area contributed by atoms with Gasteiger partial charge < -0.3 is 4.74 Å². The van der Waals surface area contributed by atoms with Crippen LogP contribution in [0.4, 0.5) is 0 Å². The van der Waals surface area contributed by atoms with Gasteiger partial charge in [-0.2, -0.15) is 0 Å². The van der Waals surface area contributed by atoms with Crippen molar-refractivity contribution in [2.24, 2.45) is 0 Å². The molecule has 0 aliphatic carbocycles. The van der Waals surface area contributed by atoms with E-state index in [0.717, 1.165) is 4.47 Å². The minimum atomic E-state index is -0.0915. The van der Waals surface area contributed by atoms with Crippen LogP contribution in [0.15, 0.2) is 34.1 Å².